The maximum absolute atomic E-state index is 13.6. The standard InChI is InChI=1S/C17H19BrFN/c1-2-3-9-17(13-7-5-4-6-8-13)20-14-10-11-15(18)16(19)12-14/h4-8,10-12,17,20H,2-3,9H2,1H3. The molecule has 2 aromatic rings. The molecule has 0 aromatic heterocycles. The first-order chi connectivity index (χ1) is 9.70. The number of hydrogen-bond donors (Lipinski definition) is 1. The summed E-state index contributed by atoms with van der Waals surface area (Å²) in [6.45, 7) is 2.18. The van der Waals surface area contributed by atoms with Crippen molar-refractivity contribution in [2.24, 2.45) is 0 Å². The average Bonchev–Trinajstić information content (AvgIpc) is 2.48. The summed E-state index contributed by atoms with van der Waals surface area (Å²) in [6, 6.07) is 15.7. The fourth-order valence-electron chi connectivity index (χ4n) is 2.20. The van der Waals surface area contributed by atoms with E-state index in [9.17, 15) is 4.39 Å². The minimum Gasteiger partial charge on any atom is -0.378 e. The van der Waals surface area contributed by atoms with Gasteiger partial charge in [0.1, 0.15) is 5.82 Å². The summed E-state index contributed by atoms with van der Waals surface area (Å²) in [5.74, 6) is -0.239. The zero-order valence-corrected chi connectivity index (χ0v) is 13.2. The molecule has 20 heavy (non-hydrogen) atoms. The Morgan fingerprint density at radius 3 is 2.55 bits per heavy atom. The molecule has 0 radical (unpaired) electrons. The van der Waals surface area contributed by atoms with Crippen LogP contribution < -0.4 is 5.32 Å². The molecule has 1 N–H and O–H groups in total. The van der Waals surface area contributed by atoms with Crippen molar-refractivity contribution in [1.29, 1.82) is 0 Å². The number of anilines is 1. The second-order valence-corrected chi connectivity index (χ2v) is 5.73. The number of nitrogens with one attached hydrogen (secondary N) is 1. The average molecular weight is 336 g/mol. The fourth-order valence-corrected chi connectivity index (χ4v) is 2.45. The largest absolute Gasteiger partial charge is 0.378 e. The van der Waals surface area contributed by atoms with E-state index in [0.717, 1.165) is 24.9 Å². The molecule has 106 valence electrons. The van der Waals surface area contributed by atoms with Crippen LogP contribution in [0, 0.1) is 5.82 Å². The highest BCUT2D eigenvalue weighted by Crippen LogP contribution is 2.26. The monoisotopic (exact) mass is 335 g/mol. The number of unbranched alkanes of at least 4 members (excludes halogenated alkanes) is 1. The van der Waals surface area contributed by atoms with Crippen molar-refractivity contribution in [3.63, 3.8) is 0 Å². The molecule has 2 aromatic carbocycles. The van der Waals surface area contributed by atoms with Gasteiger partial charge in [0.2, 0.25) is 0 Å². The van der Waals surface area contributed by atoms with Crippen LogP contribution in [-0.4, -0.2) is 0 Å². The molecule has 1 nitrogen and oxygen atoms in total. The molecule has 1 atom stereocenters. The van der Waals surface area contributed by atoms with Crippen LogP contribution >= 0.6 is 15.9 Å². The fraction of sp³-hybridized carbons (Fsp3) is 0.294. The van der Waals surface area contributed by atoms with Crippen molar-refractivity contribution in [1.82, 2.24) is 0 Å². The summed E-state index contributed by atoms with van der Waals surface area (Å²) in [4.78, 5) is 0. The molecule has 0 heterocycles. The van der Waals surface area contributed by atoms with E-state index in [1.165, 1.54) is 11.6 Å². The predicted molar refractivity (Wildman–Crippen MR) is 86.4 cm³/mol. The molecule has 0 bridgehead atoms. The van der Waals surface area contributed by atoms with E-state index in [4.69, 9.17) is 0 Å². The molecule has 0 fully saturated rings. The molecule has 2 rings (SSSR count). The Morgan fingerprint density at radius 2 is 1.90 bits per heavy atom. The van der Waals surface area contributed by atoms with Crippen molar-refractivity contribution in [3.05, 3.63) is 64.4 Å². The Labute approximate surface area is 128 Å². The van der Waals surface area contributed by atoms with Crippen LogP contribution in [0.5, 0.6) is 0 Å². The van der Waals surface area contributed by atoms with Gasteiger partial charge >= 0.3 is 0 Å². The number of hydrogen-bond acceptors (Lipinski definition) is 1. The first-order valence-electron chi connectivity index (χ1n) is 6.97. The van der Waals surface area contributed by atoms with Crippen LogP contribution in [0.1, 0.15) is 37.8 Å². The van der Waals surface area contributed by atoms with Gasteiger partial charge in [0.05, 0.1) is 10.5 Å². The van der Waals surface area contributed by atoms with E-state index in [2.05, 4.69) is 40.3 Å². The van der Waals surface area contributed by atoms with Gasteiger partial charge in [0.25, 0.3) is 0 Å². The lowest BCUT2D eigenvalue weighted by molar-refractivity contribution is 0.616. The third-order valence-electron chi connectivity index (χ3n) is 3.31. The van der Waals surface area contributed by atoms with Crippen LogP contribution in [0.25, 0.3) is 0 Å². The second-order valence-electron chi connectivity index (χ2n) is 4.88. The van der Waals surface area contributed by atoms with Gasteiger partial charge in [0.15, 0.2) is 0 Å². The first-order valence-corrected chi connectivity index (χ1v) is 7.76. The summed E-state index contributed by atoms with van der Waals surface area (Å²) in [7, 11) is 0. The zero-order valence-electron chi connectivity index (χ0n) is 11.6. The number of benzene rings is 2. The molecule has 0 amide bonds. The highest BCUT2D eigenvalue weighted by Gasteiger charge is 2.11. The highest BCUT2D eigenvalue weighted by molar-refractivity contribution is 9.10. The minimum absolute atomic E-state index is 0.219. The van der Waals surface area contributed by atoms with Crippen LogP contribution in [0.3, 0.4) is 0 Å². The van der Waals surface area contributed by atoms with E-state index < -0.39 is 0 Å². The molecule has 3 heteroatoms. The van der Waals surface area contributed by atoms with Gasteiger partial charge in [-0.2, -0.15) is 0 Å². The van der Waals surface area contributed by atoms with Crippen molar-refractivity contribution in [2.75, 3.05) is 5.32 Å². The van der Waals surface area contributed by atoms with Crippen LogP contribution in [0.4, 0.5) is 10.1 Å². The topological polar surface area (TPSA) is 12.0 Å². The van der Waals surface area contributed by atoms with Crippen LogP contribution in [-0.2, 0) is 0 Å². The molecule has 1 unspecified atom stereocenters. The number of halogens is 2. The van der Waals surface area contributed by atoms with E-state index in [-0.39, 0.29) is 11.9 Å². The maximum Gasteiger partial charge on any atom is 0.139 e. The maximum atomic E-state index is 13.6. The summed E-state index contributed by atoms with van der Waals surface area (Å²) in [5.41, 5.74) is 2.06. The third-order valence-corrected chi connectivity index (χ3v) is 3.95. The molecule has 0 aliphatic heterocycles. The lowest BCUT2D eigenvalue weighted by Gasteiger charge is -2.20. The number of rotatable bonds is 6. The van der Waals surface area contributed by atoms with Gasteiger partial charge in [-0.05, 0) is 46.1 Å². The van der Waals surface area contributed by atoms with E-state index in [1.54, 1.807) is 6.07 Å². The van der Waals surface area contributed by atoms with Gasteiger partial charge in [-0.15, -0.1) is 0 Å². The lowest BCUT2D eigenvalue weighted by atomic mass is 10.0. The molecule has 0 saturated heterocycles. The van der Waals surface area contributed by atoms with Crippen LogP contribution in [0.15, 0.2) is 53.0 Å². The van der Waals surface area contributed by atoms with Crippen molar-refractivity contribution < 1.29 is 4.39 Å². The molecule has 0 aliphatic carbocycles. The summed E-state index contributed by atoms with van der Waals surface area (Å²) in [5, 5.41) is 3.44. The summed E-state index contributed by atoms with van der Waals surface area (Å²) in [6.07, 6.45) is 3.34. The SMILES string of the molecule is CCCCC(Nc1ccc(Br)c(F)c1)c1ccccc1. The van der Waals surface area contributed by atoms with Crippen molar-refractivity contribution in [3.8, 4) is 0 Å². The summed E-state index contributed by atoms with van der Waals surface area (Å²) >= 11 is 3.18. The lowest BCUT2D eigenvalue weighted by Crippen LogP contribution is -2.11. The molecule has 0 aliphatic rings. The highest BCUT2D eigenvalue weighted by atomic mass is 79.9. The normalized spacial score (nSPS) is 12.2. The Bertz CT molecular complexity index is 542. The smallest absolute Gasteiger partial charge is 0.139 e. The first kappa shape index (κ1) is 15.0. The second kappa shape index (κ2) is 7.44. The Hall–Kier alpha value is -1.35. The quantitative estimate of drug-likeness (QED) is 0.689. The van der Waals surface area contributed by atoms with Gasteiger partial charge in [0, 0.05) is 5.69 Å². The molecule has 0 spiro atoms. The van der Waals surface area contributed by atoms with Crippen molar-refractivity contribution in [2.45, 2.75) is 32.2 Å². The zero-order chi connectivity index (χ0) is 14.4. The molecular formula is C17H19BrFN. The summed E-state index contributed by atoms with van der Waals surface area (Å²) < 4.78 is 14.1. The van der Waals surface area contributed by atoms with Gasteiger partial charge in [-0.25, -0.2) is 4.39 Å². The van der Waals surface area contributed by atoms with E-state index >= 15 is 0 Å². The Balaban J connectivity index is 2.17. The van der Waals surface area contributed by atoms with Crippen molar-refractivity contribution >= 4 is 21.6 Å². The van der Waals surface area contributed by atoms with Gasteiger partial charge in [-0.1, -0.05) is 50.1 Å². The molecular weight excluding hydrogens is 317 g/mol. The Kier molecular flexibility index (Phi) is 5.60. The predicted octanol–water partition coefficient (Wildman–Crippen LogP) is 5.93. The van der Waals surface area contributed by atoms with E-state index in [1.807, 2.05) is 24.3 Å². The molecule has 0 saturated carbocycles. The van der Waals surface area contributed by atoms with Crippen LogP contribution in [0.2, 0.25) is 0 Å². The minimum atomic E-state index is -0.239. The third kappa shape index (κ3) is 4.07. The van der Waals surface area contributed by atoms with Gasteiger partial charge in [-0.3, -0.25) is 0 Å². The van der Waals surface area contributed by atoms with E-state index in [0.29, 0.717) is 4.47 Å². The van der Waals surface area contributed by atoms with Gasteiger partial charge < -0.3 is 5.32 Å². The Morgan fingerprint density at radius 1 is 1.15 bits per heavy atom.